The number of H-pyrrole nitrogens is 1. The largest absolute Gasteiger partial charge is 0.361 e. The van der Waals surface area contributed by atoms with Crippen LogP contribution in [-0.2, 0) is 12.8 Å². The second kappa shape index (κ2) is 4.71. The summed E-state index contributed by atoms with van der Waals surface area (Å²) in [5.41, 5.74) is 4.17. The fourth-order valence-corrected chi connectivity index (χ4v) is 2.17. The number of aromatic nitrogens is 1. The van der Waals surface area contributed by atoms with E-state index >= 15 is 0 Å². The molecule has 86 valence electrons. The highest BCUT2D eigenvalue weighted by Crippen LogP contribution is 2.23. The molecular formula is C14H20N2. The van der Waals surface area contributed by atoms with Gasteiger partial charge in [-0.2, -0.15) is 0 Å². The summed E-state index contributed by atoms with van der Waals surface area (Å²) < 4.78 is 0. The Morgan fingerprint density at radius 3 is 2.69 bits per heavy atom. The van der Waals surface area contributed by atoms with E-state index in [9.17, 15) is 0 Å². The van der Waals surface area contributed by atoms with Crippen LogP contribution in [0.2, 0.25) is 0 Å². The van der Waals surface area contributed by atoms with Crippen molar-refractivity contribution < 1.29 is 0 Å². The molecule has 0 bridgehead atoms. The first kappa shape index (κ1) is 11.2. The van der Waals surface area contributed by atoms with Crippen LogP contribution in [0.25, 0.3) is 10.9 Å². The van der Waals surface area contributed by atoms with Crippen molar-refractivity contribution in [2.24, 2.45) is 0 Å². The maximum Gasteiger partial charge on any atom is 0.0459 e. The van der Waals surface area contributed by atoms with E-state index in [2.05, 4.69) is 55.3 Å². The maximum atomic E-state index is 3.37. The van der Waals surface area contributed by atoms with Gasteiger partial charge in [-0.1, -0.05) is 19.1 Å². The van der Waals surface area contributed by atoms with Crippen molar-refractivity contribution in [1.29, 1.82) is 0 Å². The topological polar surface area (TPSA) is 19.0 Å². The molecule has 0 aliphatic heterocycles. The van der Waals surface area contributed by atoms with Crippen molar-refractivity contribution >= 4 is 10.9 Å². The van der Waals surface area contributed by atoms with Gasteiger partial charge in [-0.05, 0) is 44.1 Å². The van der Waals surface area contributed by atoms with E-state index in [-0.39, 0.29) is 0 Å². The number of rotatable bonds is 4. The fourth-order valence-electron chi connectivity index (χ4n) is 2.17. The third-order valence-electron chi connectivity index (χ3n) is 3.08. The summed E-state index contributed by atoms with van der Waals surface area (Å²) in [6.07, 6.45) is 4.38. The van der Waals surface area contributed by atoms with Crippen molar-refractivity contribution in [1.82, 2.24) is 9.88 Å². The summed E-state index contributed by atoms with van der Waals surface area (Å²) in [4.78, 5) is 5.60. The predicted molar refractivity (Wildman–Crippen MR) is 69.9 cm³/mol. The van der Waals surface area contributed by atoms with Crippen LogP contribution in [0.4, 0.5) is 0 Å². The number of nitrogens with zero attached hydrogens (tertiary/aromatic N) is 1. The minimum absolute atomic E-state index is 1.10. The second-order valence-electron chi connectivity index (χ2n) is 4.56. The Kier molecular flexibility index (Phi) is 3.30. The summed E-state index contributed by atoms with van der Waals surface area (Å²) in [5.74, 6) is 0. The Balaban J connectivity index is 2.38. The molecule has 0 amide bonds. The molecule has 0 saturated heterocycles. The van der Waals surface area contributed by atoms with Gasteiger partial charge in [0.15, 0.2) is 0 Å². The van der Waals surface area contributed by atoms with Gasteiger partial charge in [0.25, 0.3) is 0 Å². The van der Waals surface area contributed by atoms with Crippen molar-refractivity contribution in [3.63, 3.8) is 0 Å². The van der Waals surface area contributed by atoms with Crippen LogP contribution >= 0.6 is 0 Å². The SMILES string of the molecule is CCc1cccc2[nH]cc(CCN(C)C)c12. The molecule has 0 spiro atoms. The van der Waals surface area contributed by atoms with Gasteiger partial charge in [-0.25, -0.2) is 0 Å². The molecule has 0 atom stereocenters. The van der Waals surface area contributed by atoms with E-state index in [1.165, 1.54) is 22.0 Å². The molecule has 2 rings (SSSR count). The zero-order valence-electron chi connectivity index (χ0n) is 10.4. The normalized spacial score (nSPS) is 11.5. The zero-order chi connectivity index (χ0) is 11.5. The van der Waals surface area contributed by atoms with E-state index in [0.29, 0.717) is 0 Å². The summed E-state index contributed by atoms with van der Waals surface area (Å²) in [5, 5.41) is 1.44. The van der Waals surface area contributed by atoms with Crippen LogP contribution in [0.15, 0.2) is 24.4 Å². The Bertz CT molecular complexity index is 469. The van der Waals surface area contributed by atoms with Gasteiger partial charge in [0.2, 0.25) is 0 Å². The zero-order valence-corrected chi connectivity index (χ0v) is 10.4. The van der Waals surface area contributed by atoms with Gasteiger partial charge in [-0.3, -0.25) is 0 Å². The molecule has 0 aliphatic rings. The number of nitrogens with one attached hydrogen (secondary N) is 1. The van der Waals surface area contributed by atoms with Gasteiger partial charge in [-0.15, -0.1) is 0 Å². The molecular weight excluding hydrogens is 196 g/mol. The van der Waals surface area contributed by atoms with Gasteiger partial charge >= 0.3 is 0 Å². The Labute approximate surface area is 97.3 Å². The number of hydrogen-bond donors (Lipinski definition) is 1. The van der Waals surface area contributed by atoms with E-state index in [4.69, 9.17) is 0 Å². The van der Waals surface area contributed by atoms with Crippen molar-refractivity contribution in [2.75, 3.05) is 20.6 Å². The minimum atomic E-state index is 1.10. The highest BCUT2D eigenvalue weighted by molar-refractivity contribution is 5.86. The predicted octanol–water partition coefficient (Wildman–Crippen LogP) is 2.83. The lowest BCUT2D eigenvalue weighted by Gasteiger charge is -2.09. The van der Waals surface area contributed by atoms with Crippen LogP contribution in [0.1, 0.15) is 18.1 Å². The average Bonchev–Trinajstić information content (AvgIpc) is 2.69. The van der Waals surface area contributed by atoms with Gasteiger partial charge in [0, 0.05) is 23.6 Å². The molecule has 2 heteroatoms. The lowest BCUT2D eigenvalue weighted by Crippen LogP contribution is -2.14. The molecule has 0 unspecified atom stereocenters. The second-order valence-corrected chi connectivity index (χ2v) is 4.56. The molecule has 0 radical (unpaired) electrons. The summed E-state index contributed by atoms with van der Waals surface area (Å²) in [6.45, 7) is 3.32. The Hall–Kier alpha value is -1.28. The molecule has 1 aromatic heterocycles. The third-order valence-corrected chi connectivity index (χ3v) is 3.08. The molecule has 1 heterocycles. The average molecular weight is 216 g/mol. The van der Waals surface area contributed by atoms with Crippen LogP contribution in [0, 0.1) is 0 Å². The van der Waals surface area contributed by atoms with Gasteiger partial charge < -0.3 is 9.88 Å². The smallest absolute Gasteiger partial charge is 0.0459 e. The molecule has 2 nitrogen and oxygen atoms in total. The molecule has 2 aromatic rings. The fraction of sp³-hybridized carbons (Fsp3) is 0.429. The van der Waals surface area contributed by atoms with Crippen LogP contribution in [0.5, 0.6) is 0 Å². The maximum absolute atomic E-state index is 3.37. The van der Waals surface area contributed by atoms with Gasteiger partial charge in [0.05, 0.1) is 0 Å². The number of hydrogen-bond acceptors (Lipinski definition) is 1. The molecule has 0 saturated carbocycles. The van der Waals surface area contributed by atoms with E-state index in [0.717, 1.165) is 19.4 Å². The third kappa shape index (κ3) is 2.12. The van der Waals surface area contributed by atoms with Crippen molar-refractivity contribution in [3.8, 4) is 0 Å². The monoisotopic (exact) mass is 216 g/mol. The number of likely N-dealkylation sites (N-methyl/N-ethyl adjacent to an activating group) is 1. The molecule has 1 aromatic carbocycles. The Morgan fingerprint density at radius 1 is 1.19 bits per heavy atom. The van der Waals surface area contributed by atoms with Gasteiger partial charge in [0.1, 0.15) is 0 Å². The number of fused-ring (bicyclic) bond motifs is 1. The quantitative estimate of drug-likeness (QED) is 0.832. The van der Waals surface area contributed by atoms with Crippen LogP contribution in [-0.4, -0.2) is 30.5 Å². The van der Waals surface area contributed by atoms with E-state index < -0.39 is 0 Å². The highest BCUT2D eigenvalue weighted by Gasteiger charge is 2.07. The van der Waals surface area contributed by atoms with Crippen molar-refractivity contribution in [3.05, 3.63) is 35.5 Å². The number of benzene rings is 1. The lowest BCUT2D eigenvalue weighted by atomic mass is 10.0. The van der Waals surface area contributed by atoms with E-state index in [1.807, 2.05) is 0 Å². The molecule has 0 fully saturated rings. The number of aryl methyl sites for hydroxylation is 1. The number of aromatic amines is 1. The van der Waals surface area contributed by atoms with Crippen molar-refractivity contribution in [2.45, 2.75) is 19.8 Å². The first-order valence-corrected chi connectivity index (χ1v) is 5.95. The minimum Gasteiger partial charge on any atom is -0.361 e. The Morgan fingerprint density at radius 2 is 2.00 bits per heavy atom. The molecule has 16 heavy (non-hydrogen) atoms. The van der Waals surface area contributed by atoms with Crippen LogP contribution in [0.3, 0.4) is 0 Å². The summed E-state index contributed by atoms with van der Waals surface area (Å²) >= 11 is 0. The molecule has 1 N–H and O–H groups in total. The summed E-state index contributed by atoms with van der Waals surface area (Å²) in [6, 6.07) is 6.52. The standard InChI is InChI=1S/C14H20N2/c1-4-11-6-5-7-13-14(11)12(10-15-13)8-9-16(2)3/h5-7,10,15H,4,8-9H2,1-3H3. The molecule has 0 aliphatic carbocycles. The van der Waals surface area contributed by atoms with Crippen LogP contribution < -0.4 is 0 Å². The lowest BCUT2D eigenvalue weighted by molar-refractivity contribution is 0.414. The first-order chi connectivity index (χ1) is 7.72. The first-order valence-electron chi connectivity index (χ1n) is 5.95. The summed E-state index contributed by atoms with van der Waals surface area (Å²) in [7, 11) is 4.24. The highest BCUT2D eigenvalue weighted by atomic mass is 15.0. The van der Waals surface area contributed by atoms with E-state index in [1.54, 1.807) is 0 Å².